The Morgan fingerprint density at radius 3 is 2.11 bits per heavy atom. The highest BCUT2D eigenvalue weighted by Gasteiger charge is 2.23. The maximum absolute atomic E-state index is 9.60. The molecule has 2 heteroatoms. The SMILES string of the molecule is Cc1cc(C)c(N(C)C2CCC(O)CC2)cc1C. The van der Waals surface area contributed by atoms with Crippen LogP contribution in [0.15, 0.2) is 12.1 Å². The zero-order chi connectivity index (χ0) is 13.3. The summed E-state index contributed by atoms with van der Waals surface area (Å²) in [5, 5.41) is 9.60. The average molecular weight is 247 g/mol. The summed E-state index contributed by atoms with van der Waals surface area (Å²) < 4.78 is 0. The first kappa shape index (κ1) is 13.4. The Hall–Kier alpha value is -1.02. The highest BCUT2D eigenvalue weighted by Crippen LogP contribution is 2.30. The van der Waals surface area contributed by atoms with E-state index in [9.17, 15) is 5.11 Å². The second-order valence-corrected chi connectivity index (χ2v) is 5.80. The van der Waals surface area contributed by atoms with Gasteiger partial charge in [0.1, 0.15) is 0 Å². The number of aliphatic hydroxyl groups is 1. The predicted molar refractivity (Wildman–Crippen MR) is 77.3 cm³/mol. The molecule has 0 radical (unpaired) electrons. The molecular weight excluding hydrogens is 222 g/mol. The van der Waals surface area contributed by atoms with Crippen LogP contribution in [-0.4, -0.2) is 24.3 Å². The van der Waals surface area contributed by atoms with Gasteiger partial charge in [-0.15, -0.1) is 0 Å². The first-order chi connectivity index (χ1) is 8.49. The van der Waals surface area contributed by atoms with Crippen molar-refractivity contribution in [2.45, 2.75) is 58.6 Å². The molecule has 0 aromatic heterocycles. The van der Waals surface area contributed by atoms with Crippen LogP contribution >= 0.6 is 0 Å². The number of rotatable bonds is 2. The molecule has 1 aliphatic rings. The molecule has 0 aliphatic heterocycles. The summed E-state index contributed by atoms with van der Waals surface area (Å²) in [4.78, 5) is 2.41. The minimum Gasteiger partial charge on any atom is -0.393 e. The van der Waals surface area contributed by atoms with Gasteiger partial charge >= 0.3 is 0 Å². The second-order valence-electron chi connectivity index (χ2n) is 5.80. The van der Waals surface area contributed by atoms with E-state index in [4.69, 9.17) is 0 Å². The molecule has 1 aromatic rings. The molecule has 0 heterocycles. The quantitative estimate of drug-likeness (QED) is 0.866. The number of nitrogens with zero attached hydrogens (tertiary/aromatic N) is 1. The van der Waals surface area contributed by atoms with Crippen molar-refractivity contribution in [1.29, 1.82) is 0 Å². The van der Waals surface area contributed by atoms with E-state index in [0.29, 0.717) is 6.04 Å². The lowest BCUT2D eigenvalue weighted by Gasteiger charge is -2.35. The lowest BCUT2D eigenvalue weighted by Crippen LogP contribution is -2.36. The molecule has 1 N–H and O–H groups in total. The average Bonchev–Trinajstić information content (AvgIpc) is 2.34. The van der Waals surface area contributed by atoms with Gasteiger partial charge in [0.2, 0.25) is 0 Å². The van der Waals surface area contributed by atoms with Gasteiger partial charge in [-0.25, -0.2) is 0 Å². The highest BCUT2D eigenvalue weighted by atomic mass is 16.3. The molecule has 0 saturated heterocycles. The van der Waals surface area contributed by atoms with Crippen molar-refractivity contribution in [3.05, 3.63) is 28.8 Å². The van der Waals surface area contributed by atoms with Crippen LogP contribution in [0.25, 0.3) is 0 Å². The summed E-state index contributed by atoms with van der Waals surface area (Å²) >= 11 is 0. The lowest BCUT2D eigenvalue weighted by atomic mass is 9.91. The summed E-state index contributed by atoms with van der Waals surface area (Å²) in [5.74, 6) is 0. The largest absolute Gasteiger partial charge is 0.393 e. The number of hydrogen-bond acceptors (Lipinski definition) is 2. The van der Waals surface area contributed by atoms with Crippen LogP contribution in [0.3, 0.4) is 0 Å². The van der Waals surface area contributed by atoms with E-state index in [1.54, 1.807) is 0 Å². The number of benzene rings is 1. The van der Waals surface area contributed by atoms with Crippen molar-refractivity contribution < 1.29 is 5.11 Å². The Balaban J connectivity index is 2.18. The molecule has 0 spiro atoms. The summed E-state index contributed by atoms with van der Waals surface area (Å²) in [5.41, 5.74) is 5.42. The number of hydrogen-bond donors (Lipinski definition) is 1. The van der Waals surface area contributed by atoms with Gasteiger partial charge in [-0.05, 0) is 69.2 Å². The third-order valence-corrected chi connectivity index (χ3v) is 4.41. The molecule has 0 amide bonds. The van der Waals surface area contributed by atoms with Crippen LogP contribution in [0, 0.1) is 20.8 Å². The van der Waals surface area contributed by atoms with Crippen LogP contribution < -0.4 is 4.90 Å². The van der Waals surface area contributed by atoms with E-state index >= 15 is 0 Å². The molecular formula is C16H25NO. The smallest absolute Gasteiger partial charge is 0.0541 e. The van der Waals surface area contributed by atoms with Crippen LogP contribution in [-0.2, 0) is 0 Å². The van der Waals surface area contributed by atoms with Crippen LogP contribution in [0.2, 0.25) is 0 Å². The first-order valence-corrected chi connectivity index (χ1v) is 6.97. The van der Waals surface area contributed by atoms with Crippen molar-refractivity contribution in [3.63, 3.8) is 0 Å². The second kappa shape index (κ2) is 5.31. The Labute approximate surface area is 111 Å². The lowest BCUT2D eigenvalue weighted by molar-refractivity contribution is 0.122. The molecule has 18 heavy (non-hydrogen) atoms. The Bertz CT molecular complexity index is 419. The molecule has 1 saturated carbocycles. The van der Waals surface area contributed by atoms with E-state index in [2.05, 4.69) is 44.9 Å². The van der Waals surface area contributed by atoms with Crippen molar-refractivity contribution in [2.24, 2.45) is 0 Å². The standard InChI is InChI=1S/C16H25NO/c1-11-9-13(3)16(10-12(11)2)17(4)14-5-7-15(18)8-6-14/h9-10,14-15,18H,5-8H2,1-4H3. The fourth-order valence-electron chi connectivity index (χ4n) is 2.97. The van der Waals surface area contributed by atoms with E-state index in [1.807, 2.05) is 0 Å². The maximum Gasteiger partial charge on any atom is 0.0541 e. The van der Waals surface area contributed by atoms with E-state index in [-0.39, 0.29) is 6.10 Å². The van der Waals surface area contributed by atoms with Gasteiger partial charge in [-0.3, -0.25) is 0 Å². The first-order valence-electron chi connectivity index (χ1n) is 6.97. The van der Waals surface area contributed by atoms with E-state index in [0.717, 1.165) is 25.7 Å². The molecule has 100 valence electrons. The third kappa shape index (κ3) is 2.69. The summed E-state index contributed by atoms with van der Waals surface area (Å²) in [6, 6.07) is 5.16. The Morgan fingerprint density at radius 2 is 1.50 bits per heavy atom. The fourth-order valence-corrected chi connectivity index (χ4v) is 2.97. The molecule has 0 bridgehead atoms. The minimum absolute atomic E-state index is 0.0736. The predicted octanol–water partition coefficient (Wildman–Crippen LogP) is 3.35. The van der Waals surface area contributed by atoms with Gasteiger partial charge in [0.05, 0.1) is 6.10 Å². The summed E-state index contributed by atoms with van der Waals surface area (Å²) in [6.45, 7) is 6.54. The number of aliphatic hydroxyl groups excluding tert-OH is 1. The zero-order valence-electron chi connectivity index (χ0n) is 12.0. The van der Waals surface area contributed by atoms with Gasteiger partial charge in [-0.1, -0.05) is 6.07 Å². The molecule has 2 nitrogen and oxygen atoms in total. The molecule has 1 fully saturated rings. The van der Waals surface area contributed by atoms with Gasteiger partial charge in [0.15, 0.2) is 0 Å². The van der Waals surface area contributed by atoms with Gasteiger partial charge in [0.25, 0.3) is 0 Å². The van der Waals surface area contributed by atoms with Crippen LogP contribution in [0.5, 0.6) is 0 Å². The monoisotopic (exact) mass is 247 g/mol. The topological polar surface area (TPSA) is 23.5 Å². The number of aryl methyl sites for hydroxylation is 3. The highest BCUT2D eigenvalue weighted by molar-refractivity contribution is 5.57. The molecule has 2 rings (SSSR count). The maximum atomic E-state index is 9.60. The van der Waals surface area contributed by atoms with Gasteiger partial charge in [0, 0.05) is 18.8 Å². The normalized spacial score (nSPS) is 24.1. The van der Waals surface area contributed by atoms with E-state index < -0.39 is 0 Å². The van der Waals surface area contributed by atoms with Crippen LogP contribution in [0.4, 0.5) is 5.69 Å². The summed E-state index contributed by atoms with van der Waals surface area (Å²) in [7, 11) is 2.19. The third-order valence-electron chi connectivity index (χ3n) is 4.41. The molecule has 0 atom stereocenters. The Morgan fingerprint density at radius 1 is 0.944 bits per heavy atom. The van der Waals surface area contributed by atoms with Gasteiger partial charge < -0.3 is 10.0 Å². The summed E-state index contributed by atoms with van der Waals surface area (Å²) in [6.07, 6.45) is 4.02. The van der Waals surface area contributed by atoms with Crippen molar-refractivity contribution in [3.8, 4) is 0 Å². The van der Waals surface area contributed by atoms with Crippen LogP contribution in [0.1, 0.15) is 42.4 Å². The van der Waals surface area contributed by atoms with Crippen molar-refractivity contribution >= 4 is 5.69 Å². The molecule has 1 aromatic carbocycles. The number of anilines is 1. The van der Waals surface area contributed by atoms with Crippen molar-refractivity contribution in [1.82, 2.24) is 0 Å². The van der Waals surface area contributed by atoms with Gasteiger partial charge in [-0.2, -0.15) is 0 Å². The van der Waals surface area contributed by atoms with E-state index in [1.165, 1.54) is 22.4 Å². The Kier molecular flexibility index (Phi) is 3.96. The molecule has 0 unspecified atom stereocenters. The fraction of sp³-hybridized carbons (Fsp3) is 0.625. The molecule has 1 aliphatic carbocycles. The minimum atomic E-state index is -0.0736. The zero-order valence-corrected chi connectivity index (χ0v) is 12.0. The van der Waals surface area contributed by atoms with Crippen molar-refractivity contribution in [2.75, 3.05) is 11.9 Å².